The van der Waals surface area contributed by atoms with Crippen LogP contribution in [0.1, 0.15) is 5.56 Å². The summed E-state index contributed by atoms with van der Waals surface area (Å²) in [5.74, 6) is -0.178. The van der Waals surface area contributed by atoms with Gasteiger partial charge in [0.2, 0.25) is 0 Å². The Morgan fingerprint density at radius 3 is 2.38 bits per heavy atom. The standard InChI is InChI=1S/C10H9NO3S.Y/c12-7-3-1-6(2-4-7)5-8-9(13)11-10(14)15-8;/h1-4,8H,5H2,(H2,11,12,13,14);/p-1. The molecule has 6 heteroatoms. The van der Waals surface area contributed by atoms with Crippen molar-refractivity contribution < 1.29 is 47.4 Å². The van der Waals surface area contributed by atoms with Crippen LogP contribution in [0.3, 0.4) is 0 Å². The number of amides is 2. The Labute approximate surface area is 122 Å². The van der Waals surface area contributed by atoms with Crippen LogP contribution in [-0.4, -0.2) is 21.5 Å². The summed E-state index contributed by atoms with van der Waals surface area (Å²) < 4.78 is 0. The third-order valence-electron chi connectivity index (χ3n) is 2.08. The van der Waals surface area contributed by atoms with Crippen molar-refractivity contribution in [1.29, 1.82) is 0 Å². The molecule has 2 rings (SSSR count). The van der Waals surface area contributed by atoms with Gasteiger partial charge >= 0.3 is 0 Å². The summed E-state index contributed by atoms with van der Waals surface area (Å²) >= 11 is 0.955. The summed E-state index contributed by atoms with van der Waals surface area (Å²) in [7, 11) is 0. The fourth-order valence-electron chi connectivity index (χ4n) is 1.34. The minimum atomic E-state index is -0.413. The van der Waals surface area contributed by atoms with Gasteiger partial charge in [-0.2, -0.15) is 0 Å². The minimum absolute atomic E-state index is 0. The smallest absolute Gasteiger partial charge is 0.115 e. The fraction of sp³-hybridized carbons (Fsp3) is 0.200. The van der Waals surface area contributed by atoms with E-state index in [1.54, 1.807) is 24.3 Å². The van der Waals surface area contributed by atoms with Gasteiger partial charge in [0, 0.05) is 32.7 Å². The molecule has 1 unspecified atom stereocenters. The van der Waals surface area contributed by atoms with Crippen molar-refractivity contribution in [1.82, 2.24) is 0 Å². The van der Waals surface area contributed by atoms with Crippen molar-refractivity contribution >= 4 is 22.9 Å². The third kappa shape index (κ3) is 3.30. The Morgan fingerprint density at radius 2 is 1.88 bits per heavy atom. The topological polar surface area (TPSA) is 68.5 Å². The van der Waals surface area contributed by atoms with E-state index in [9.17, 15) is 9.59 Å². The van der Waals surface area contributed by atoms with Gasteiger partial charge in [-0.25, -0.2) is 0 Å². The van der Waals surface area contributed by atoms with E-state index in [1.807, 2.05) is 0 Å². The number of carbonyl (C=O) groups excluding carboxylic acids is 2. The molecule has 81 valence electrons. The summed E-state index contributed by atoms with van der Waals surface area (Å²) in [6.07, 6.45) is 0.471. The van der Waals surface area contributed by atoms with Crippen LogP contribution in [0.15, 0.2) is 24.3 Å². The van der Waals surface area contributed by atoms with Gasteiger partial charge in [-0.1, -0.05) is 23.9 Å². The van der Waals surface area contributed by atoms with Crippen LogP contribution >= 0.6 is 11.8 Å². The van der Waals surface area contributed by atoms with Crippen LogP contribution < -0.4 is 0 Å². The molecule has 0 spiro atoms. The van der Waals surface area contributed by atoms with E-state index in [0.717, 1.165) is 17.3 Å². The van der Waals surface area contributed by atoms with Gasteiger partial charge in [-0.05, 0) is 24.1 Å². The Bertz CT molecular complexity index is 407. The van der Waals surface area contributed by atoms with Crippen molar-refractivity contribution in [2.45, 2.75) is 11.7 Å². The minimum Gasteiger partial charge on any atom is -0.585 e. The molecule has 1 aromatic rings. The number of nitrogens with zero attached hydrogens (tertiary/aromatic N) is 1. The monoisotopic (exact) mass is 311 g/mol. The number of benzene rings is 1. The predicted octanol–water partition coefficient (Wildman–Crippen LogP) is 2.07. The molecule has 1 atom stereocenters. The van der Waals surface area contributed by atoms with E-state index in [-0.39, 0.29) is 44.4 Å². The summed E-state index contributed by atoms with van der Waals surface area (Å²) in [6, 6.07) is 6.56. The van der Waals surface area contributed by atoms with Crippen molar-refractivity contribution in [3.8, 4) is 5.75 Å². The van der Waals surface area contributed by atoms with Gasteiger partial charge in [0.15, 0.2) is 0 Å². The average molecular weight is 311 g/mol. The van der Waals surface area contributed by atoms with Crippen LogP contribution in [0.5, 0.6) is 5.75 Å². The Kier molecular flexibility index (Phi) is 4.96. The Hall–Kier alpha value is -0.386. The Balaban J connectivity index is 0.00000128. The molecule has 0 saturated carbocycles. The molecule has 2 amide bonds. The number of hydrogen-bond acceptors (Lipinski definition) is 4. The van der Waals surface area contributed by atoms with Gasteiger partial charge < -0.3 is 20.0 Å². The average Bonchev–Trinajstić information content (AvgIpc) is 2.49. The second-order valence-corrected chi connectivity index (χ2v) is 4.35. The zero-order chi connectivity index (χ0) is 10.8. The van der Waals surface area contributed by atoms with Crippen molar-refractivity contribution in [2.75, 3.05) is 0 Å². The van der Waals surface area contributed by atoms with Crippen molar-refractivity contribution in [3.05, 3.63) is 35.1 Å². The summed E-state index contributed by atoms with van der Waals surface area (Å²) in [6.45, 7) is 0. The second kappa shape index (κ2) is 5.80. The molecule has 1 fully saturated rings. The van der Waals surface area contributed by atoms with E-state index >= 15 is 0 Å². The van der Waals surface area contributed by atoms with Crippen LogP contribution in [0.2, 0.25) is 0 Å². The molecular weight excluding hydrogens is 303 g/mol. The van der Waals surface area contributed by atoms with E-state index in [1.165, 1.54) is 0 Å². The number of thioether (sulfide) groups is 1. The van der Waals surface area contributed by atoms with E-state index < -0.39 is 10.5 Å². The number of carbonyl (C=O) groups is 2. The molecule has 1 aliphatic heterocycles. The molecule has 0 aliphatic carbocycles. The quantitative estimate of drug-likeness (QED) is 0.908. The molecular formula is C10H8NO3SY-. The molecule has 0 bridgehead atoms. The normalized spacial score (nSPS) is 19.1. The summed E-state index contributed by atoms with van der Waals surface area (Å²) in [5.41, 5.74) is 0.906. The molecule has 1 saturated heterocycles. The van der Waals surface area contributed by atoms with Crippen molar-refractivity contribution in [3.63, 3.8) is 0 Å². The van der Waals surface area contributed by atoms with Crippen LogP contribution in [-0.2, 0) is 43.9 Å². The number of rotatable bonds is 2. The number of hydrogen-bond donors (Lipinski definition) is 1. The first-order valence-corrected chi connectivity index (χ1v) is 5.27. The number of imide groups is 1. The maximum atomic E-state index is 11.2. The molecule has 1 radical (unpaired) electrons. The molecule has 1 aromatic carbocycles. The van der Waals surface area contributed by atoms with Gasteiger partial charge in [-0.15, -0.1) is 0 Å². The largest absolute Gasteiger partial charge is 0.585 e. The SMILES string of the molecule is O=C1[N-]C(=O)C(Cc2ccc(O)cc2)S1.[Y]. The molecule has 0 aromatic heterocycles. The van der Waals surface area contributed by atoms with Crippen LogP contribution in [0.4, 0.5) is 4.79 Å². The summed E-state index contributed by atoms with van der Waals surface area (Å²) in [4.78, 5) is 22.0. The zero-order valence-corrected chi connectivity index (χ0v) is 11.9. The number of phenolic OH excluding ortho intramolecular Hbond substituents is 1. The van der Waals surface area contributed by atoms with Gasteiger partial charge in [-0.3, -0.25) is 0 Å². The molecule has 16 heavy (non-hydrogen) atoms. The maximum absolute atomic E-state index is 11.2. The fourth-order valence-corrected chi connectivity index (χ4v) is 2.15. The first-order chi connectivity index (χ1) is 7.15. The van der Waals surface area contributed by atoms with Gasteiger partial charge in [0.1, 0.15) is 11.0 Å². The number of phenols is 1. The third-order valence-corrected chi connectivity index (χ3v) is 3.02. The second-order valence-electron chi connectivity index (χ2n) is 3.19. The predicted molar refractivity (Wildman–Crippen MR) is 57.0 cm³/mol. The zero-order valence-electron chi connectivity index (χ0n) is 8.29. The van der Waals surface area contributed by atoms with E-state index in [4.69, 9.17) is 5.11 Å². The molecule has 4 nitrogen and oxygen atoms in total. The number of aromatic hydroxyl groups is 1. The molecule has 1 heterocycles. The van der Waals surface area contributed by atoms with E-state index in [0.29, 0.717) is 6.42 Å². The van der Waals surface area contributed by atoms with Gasteiger partial charge in [0.05, 0.1) is 11.2 Å². The molecule has 1 N–H and O–H groups in total. The molecule has 1 aliphatic rings. The van der Waals surface area contributed by atoms with Crippen LogP contribution in [0, 0.1) is 0 Å². The van der Waals surface area contributed by atoms with Gasteiger partial charge in [0.25, 0.3) is 0 Å². The maximum Gasteiger partial charge on any atom is 0.115 e. The first-order valence-electron chi connectivity index (χ1n) is 4.39. The first kappa shape index (κ1) is 13.7. The van der Waals surface area contributed by atoms with Crippen molar-refractivity contribution in [2.24, 2.45) is 0 Å². The van der Waals surface area contributed by atoms with Crippen LogP contribution in [0.25, 0.3) is 5.32 Å². The van der Waals surface area contributed by atoms with E-state index in [2.05, 4.69) is 5.32 Å². The Morgan fingerprint density at radius 1 is 1.25 bits per heavy atom. The summed E-state index contributed by atoms with van der Waals surface area (Å²) in [5, 5.41) is 11.6.